The van der Waals surface area contributed by atoms with E-state index >= 15 is 0 Å². The molecule has 1 heterocycles. The molecule has 1 aliphatic rings. The summed E-state index contributed by atoms with van der Waals surface area (Å²) in [5.41, 5.74) is 3.16. The van der Waals surface area contributed by atoms with Crippen LogP contribution in [0, 0.1) is 6.92 Å². The first-order chi connectivity index (χ1) is 9.61. The lowest BCUT2D eigenvalue weighted by atomic mass is 10.0. The Morgan fingerprint density at radius 2 is 2.35 bits per heavy atom. The summed E-state index contributed by atoms with van der Waals surface area (Å²) in [6.45, 7) is 6.44. The summed E-state index contributed by atoms with van der Waals surface area (Å²) >= 11 is 0. The van der Waals surface area contributed by atoms with E-state index in [0.717, 1.165) is 36.4 Å². The molecule has 1 N–H and O–H groups in total. The zero-order valence-electron chi connectivity index (χ0n) is 12.0. The van der Waals surface area contributed by atoms with Crippen molar-refractivity contribution in [2.75, 3.05) is 24.7 Å². The number of carbonyl (C=O) groups is 1. The highest BCUT2D eigenvalue weighted by molar-refractivity contribution is 5.87. The third-order valence-corrected chi connectivity index (χ3v) is 3.60. The first kappa shape index (κ1) is 14.6. The van der Waals surface area contributed by atoms with Gasteiger partial charge in [0, 0.05) is 18.3 Å². The molecule has 0 aromatic heterocycles. The molecule has 1 aliphatic heterocycles. The summed E-state index contributed by atoms with van der Waals surface area (Å²) in [5, 5.41) is 8.82. The van der Waals surface area contributed by atoms with Crippen LogP contribution in [0.25, 0.3) is 6.08 Å². The highest BCUT2D eigenvalue weighted by Crippen LogP contribution is 2.27. The fourth-order valence-corrected chi connectivity index (χ4v) is 2.54. The van der Waals surface area contributed by atoms with Crippen LogP contribution >= 0.6 is 0 Å². The van der Waals surface area contributed by atoms with Gasteiger partial charge in [0.05, 0.1) is 19.3 Å². The van der Waals surface area contributed by atoms with Crippen molar-refractivity contribution in [3.8, 4) is 0 Å². The largest absolute Gasteiger partial charge is 0.478 e. The maximum absolute atomic E-state index is 10.7. The monoisotopic (exact) mass is 275 g/mol. The zero-order chi connectivity index (χ0) is 14.5. The smallest absolute Gasteiger partial charge is 0.328 e. The number of aliphatic carboxylic acids is 1. The SMILES string of the molecule is CCC1COCCN1c1ccc(C)cc1/C=C/C(=O)O. The molecular formula is C16H21NO3. The lowest BCUT2D eigenvalue weighted by Gasteiger charge is -2.38. The van der Waals surface area contributed by atoms with Gasteiger partial charge in [-0.2, -0.15) is 0 Å². The van der Waals surface area contributed by atoms with Crippen LogP contribution < -0.4 is 4.90 Å². The number of morpholine rings is 1. The lowest BCUT2D eigenvalue weighted by Crippen LogP contribution is -2.45. The number of anilines is 1. The second kappa shape index (κ2) is 6.57. The molecule has 0 amide bonds. The first-order valence-electron chi connectivity index (χ1n) is 6.98. The predicted octanol–water partition coefficient (Wildman–Crippen LogP) is 2.71. The van der Waals surface area contributed by atoms with E-state index in [2.05, 4.69) is 24.0 Å². The van der Waals surface area contributed by atoms with E-state index in [0.29, 0.717) is 12.6 Å². The molecule has 4 nitrogen and oxygen atoms in total. The average Bonchev–Trinajstić information content (AvgIpc) is 2.45. The quantitative estimate of drug-likeness (QED) is 0.858. The number of nitrogens with zero attached hydrogens (tertiary/aromatic N) is 1. The van der Waals surface area contributed by atoms with E-state index < -0.39 is 5.97 Å². The van der Waals surface area contributed by atoms with E-state index in [9.17, 15) is 4.79 Å². The predicted molar refractivity (Wildman–Crippen MR) is 80.1 cm³/mol. The fraction of sp³-hybridized carbons (Fsp3) is 0.438. The number of carboxylic acid groups (broad SMARTS) is 1. The highest BCUT2D eigenvalue weighted by atomic mass is 16.5. The van der Waals surface area contributed by atoms with Crippen molar-refractivity contribution >= 4 is 17.7 Å². The van der Waals surface area contributed by atoms with Gasteiger partial charge in [-0.25, -0.2) is 4.79 Å². The maximum Gasteiger partial charge on any atom is 0.328 e. The van der Waals surface area contributed by atoms with E-state index in [1.807, 2.05) is 13.0 Å². The number of aryl methyl sites for hydroxylation is 1. The summed E-state index contributed by atoms with van der Waals surface area (Å²) in [5.74, 6) is -0.925. The van der Waals surface area contributed by atoms with Gasteiger partial charge in [0.25, 0.3) is 0 Å². The van der Waals surface area contributed by atoms with Gasteiger partial charge in [0.15, 0.2) is 0 Å². The molecule has 4 heteroatoms. The Bertz CT molecular complexity index is 510. The van der Waals surface area contributed by atoms with Gasteiger partial charge >= 0.3 is 5.97 Å². The maximum atomic E-state index is 10.7. The molecule has 1 aromatic carbocycles. The number of rotatable bonds is 4. The Morgan fingerprint density at radius 3 is 3.05 bits per heavy atom. The molecule has 0 saturated carbocycles. The third kappa shape index (κ3) is 3.39. The van der Waals surface area contributed by atoms with Gasteiger partial charge in [-0.15, -0.1) is 0 Å². The molecule has 1 fully saturated rings. The summed E-state index contributed by atoms with van der Waals surface area (Å²) in [6.07, 6.45) is 3.88. The molecule has 1 unspecified atom stereocenters. The van der Waals surface area contributed by atoms with Gasteiger partial charge in [0.1, 0.15) is 0 Å². The van der Waals surface area contributed by atoms with Crippen LogP contribution in [-0.2, 0) is 9.53 Å². The molecule has 20 heavy (non-hydrogen) atoms. The van der Waals surface area contributed by atoms with Crippen LogP contribution in [0.1, 0.15) is 24.5 Å². The average molecular weight is 275 g/mol. The Balaban J connectivity index is 2.36. The minimum atomic E-state index is -0.925. The van der Waals surface area contributed by atoms with Crippen molar-refractivity contribution in [1.29, 1.82) is 0 Å². The van der Waals surface area contributed by atoms with E-state index in [4.69, 9.17) is 9.84 Å². The van der Waals surface area contributed by atoms with Crippen LogP contribution in [-0.4, -0.2) is 36.9 Å². The lowest BCUT2D eigenvalue weighted by molar-refractivity contribution is -0.131. The molecule has 108 valence electrons. The highest BCUT2D eigenvalue weighted by Gasteiger charge is 2.23. The molecule has 0 bridgehead atoms. The summed E-state index contributed by atoms with van der Waals surface area (Å²) < 4.78 is 5.53. The molecule has 2 rings (SSSR count). The summed E-state index contributed by atoms with van der Waals surface area (Å²) in [7, 11) is 0. The van der Waals surface area contributed by atoms with Crippen LogP contribution in [0.3, 0.4) is 0 Å². The number of hydrogen-bond donors (Lipinski definition) is 1. The Morgan fingerprint density at radius 1 is 1.55 bits per heavy atom. The summed E-state index contributed by atoms with van der Waals surface area (Å²) in [4.78, 5) is 13.1. The van der Waals surface area contributed by atoms with Crippen molar-refractivity contribution in [2.45, 2.75) is 26.3 Å². The Labute approximate surface area is 119 Å². The van der Waals surface area contributed by atoms with Gasteiger partial charge in [-0.05, 0) is 37.1 Å². The van der Waals surface area contributed by atoms with Gasteiger partial charge in [-0.3, -0.25) is 0 Å². The second-order valence-corrected chi connectivity index (χ2v) is 5.06. The molecule has 0 radical (unpaired) electrons. The number of ether oxygens (including phenoxy) is 1. The zero-order valence-corrected chi connectivity index (χ0v) is 12.0. The standard InChI is InChI=1S/C16H21NO3/c1-3-14-11-20-9-8-17(14)15-6-4-12(2)10-13(15)5-7-16(18)19/h4-7,10,14H,3,8-9,11H2,1-2H3,(H,18,19)/b7-5+. The Kier molecular flexibility index (Phi) is 4.79. The van der Waals surface area contributed by atoms with Gasteiger partial charge in [0.2, 0.25) is 0 Å². The number of benzene rings is 1. The number of carboxylic acids is 1. The molecule has 1 aromatic rings. The molecule has 1 saturated heterocycles. The fourth-order valence-electron chi connectivity index (χ4n) is 2.54. The van der Waals surface area contributed by atoms with Gasteiger partial charge in [-0.1, -0.05) is 18.6 Å². The van der Waals surface area contributed by atoms with Crippen LogP contribution in [0.4, 0.5) is 5.69 Å². The second-order valence-electron chi connectivity index (χ2n) is 5.06. The van der Waals surface area contributed by atoms with E-state index in [1.54, 1.807) is 6.08 Å². The minimum absolute atomic E-state index is 0.350. The molecule has 0 aliphatic carbocycles. The number of hydrogen-bond acceptors (Lipinski definition) is 3. The van der Waals surface area contributed by atoms with Crippen LogP contribution in [0.2, 0.25) is 0 Å². The van der Waals surface area contributed by atoms with Crippen molar-refractivity contribution in [2.24, 2.45) is 0 Å². The Hall–Kier alpha value is -1.81. The van der Waals surface area contributed by atoms with E-state index in [-0.39, 0.29) is 0 Å². The normalized spacial score (nSPS) is 19.5. The minimum Gasteiger partial charge on any atom is -0.478 e. The van der Waals surface area contributed by atoms with Crippen molar-refractivity contribution in [1.82, 2.24) is 0 Å². The van der Waals surface area contributed by atoms with Crippen molar-refractivity contribution in [3.63, 3.8) is 0 Å². The molecule has 0 spiro atoms. The third-order valence-electron chi connectivity index (χ3n) is 3.60. The summed E-state index contributed by atoms with van der Waals surface area (Å²) in [6, 6.07) is 6.51. The van der Waals surface area contributed by atoms with Gasteiger partial charge < -0.3 is 14.7 Å². The molecule has 1 atom stereocenters. The molecular weight excluding hydrogens is 254 g/mol. The van der Waals surface area contributed by atoms with Crippen molar-refractivity contribution in [3.05, 3.63) is 35.4 Å². The van der Waals surface area contributed by atoms with Crippen LogP contribution in [0.15, 0.2) is 24.3 Å². The van der Waals surface area contributed by atoms with E-state index in [1.165, 1.54) is 6.08 Å². The first-order valence-corrected chi connectivity index (χ1v) is 6.98. The topological polar surface area (TPSA) is 49.8 Å². The van der Waals surface area contributed by atoms with Crippen LogP contribution in [0.5, 0.6) is 0 Å². The van der Waals surface area contributed by atoms with Crippen molar-refractivity contribution < 1.29 is 14.6 Å².